The number of piperazine rings is 1. The number of amides is 1. The van der Waals surface area contributed by atoms with Gasteiger partial charge in [-0.15, -0.1) is 0 Å². The molecule has 0 saturated carbocycles. The van der Waals surface area contributed by atoms with Crippen molar-refractivity contribution in [3.8, 4) is 11.3 Å². The van der Waals surface area contributed by atoms with E-state index in [1.54, 1.807) is 30.0 Å². The minimum atomic E-state index is -2.94. The van der Waals surface area contributed by atoms with Gasteiger partial charge in [-0.05, 0) is 25.5 Å². The summed E-state index contributed by atoms with van der Waals surface area (Å²) in [7, 11) is -2.94. The summed E-state index contributed by atoms with van der Waals surface area (Å²) < 4.78 is 29.8. The van der Waals surface area contributed by atoms with Crippen LogP contribution in [0.15, 0.2) is 57.7 Å². The molecule has 5 rings (SSSR count). The van der Waals surface area contributed by atoms with Gasteiger partial charge in [-0.2, -0.15) is 0 Å². The van der Waals surface area contributed by atoms with E-state index in [1.165, 1.54) is 0 Å². The molecule has 172 valence electrons. The average Bonchev–Trinajstić information content (AvgIpc) is 3.21. The number of hydrogen-bond acceptors (Lipinski definition) is 6. The maximum Gasteiger partial charge on any atom is 0.257 e. The lowest BCUT2D eigenvalue weighted by Crippen LogP contribution is -2.52. The zero-order valence-corrected chi connectivity index (χ0v) is 19.3. The number of rotatable bonds is 3. The fourth-order valence-corrected chi connectivity index (χ4v) is 6.63. The van der Waals surface area contributed by atoms with Crippen molar-refractivity contribution < 1.29 is 17.6 Å². The molecule has 1 unspecified atom stereocenters. The zero-order chi connectivity index (χ0) is 23.2. The summed E-state index contributed by atoms with van der Waals surface area (Å²) in [4.78, 5) is 30.4. The van der Waals surface area contributed by atoms with Gasteiger partial charge in [0.1, 0.15) is 5.76 Å². The molecule has 3 aromatic rings. The third-order valence-electron chi connectivity index (χ3n) is 6.74. The monoisotopic (exact) mass is 466 g/mol. The van der Waals surface area contributed by atoms with Crippen LogP contribution in [0, 0.1) is 6.92 Å². The van der Waals surface area contributed by atoms with Gasteiger partial charge in [0.15, 0.2) is 20.8 Å². The standard InChI is InChI=1S/C25H26N2O5S/c1-17-22(28)20-8-5-9-21(24(20)32-23(17)18-6-3-2-4-7-18)25(29)27-13-11-26(12-14-27)19-10-15-33(30,31)16-19/h2-9,19H,10-16H2,1H3. The Balaban J connectivity index is 1.44. The molecule has 7 nitrogen and oxygen atoms in total. The molecule has 1 atom stereocenters. The second kappa shape index (κ2) is 8.43. The number of carbonyl (C=O) groups excluding carboxylic acids is 1. The Hall–Kier alpha value is -2.97. The molecule has 0 spiro atoms. The number of nitrogens with zero attached hydrogens (tertiary/aromatic N) is 2. The van der Waals surface area contributed by atoms with Crippen LogP contribution >= 0.6 is 0 Å². The molecule has 33 heavy (non-hydrogen) atoms. The Bertz CT molecular complexity index is 1370. The van der Waals surface area contributed by atoms with Crippen LogP contribution in [0.4, 0.5) is 0 Å². The molecule has 2 fully saturated rings. The third kappa shape index (κ3) is 4.09. The van der Waals surface area contributed by atoms with Crippen molar-refractivity contribution in [3.05, 3.63) is 69.9 Å². The SMILES string of the molecule is Cc1c(-c2ccccc2)oc2c(C(=O)N3CCN(C4CCS(=O)(=O)C4)CC3)cccc2c1=O. The second-order valence-electron chi connectivity index (χ2n) is 8.82. The summed E-state index contributed by atoms with van der Waals surface area (Å²) in [6.45, 7) is 4.02. The fourth-order valence-electron chi connectivity index (χ4n) is 4.87. The van der Waals surface area contributed by atoms with Gasteiger partial charge in [0.05, 0.1) is 22.5 Å². The van der Waals surface area contributed by atoms with Crippen LogP contribution in [0.5, 0.6) is 0 Å². The van der Waals surface area contributed by atoms with Crippen molar-refractivity contribution in [1.29, 1.82) is 0 Å². The van der Waals surface area contributed by atoms with Gasteiger partial charge in [0.25, 0.3) is 5.91 Å². The molecule has 2 aliphatic heterocycles. The van der Waals surface area contributed by atoms with Crippen LogP contribution in [-0.4, -0.2) is 67.9 Å². The molecular formula is C25H26N2O5S. The summed E-state index contributed by atoms with van der Waals surface area (Å²) in [5.41, 5.74) is 1.84. The first-order valence-electron chi connectivity index (χ1n) is 11.2. The third-order valence-corrected chi connectivity index (χ3v) is 8.49. The largest absolute Gasteiger partial charge is 0.455 e. The van der Waals surface area contributed by atoms with E-state index in [9.17, 15) is 18.0 Å². The van der Waals surface area contributed by atoms with Crippen LogP contribution in [0.3, 0.4) is 0 Å². The first-order valence-corrected chi connectivity index (χ1v) is 13.0. The summed E-state index contributed by atoms with van der Waals surface area (Å²) in [6, 6.07) is 14.6. The smallest absolute Gasteiger partial charge is 0.257 e. The van der Waals surface area contributed by atoms with Crippen molar-refractivity contribution in [3.63, 3.8) is 0 Å². The van der Waals surface area contributed by atoms with E-state index >= 15 is 0 Å². The lowest BCUT2D eigenvalue weighted by molar-refractivity contribution is 0.0588. The lowest BCUT2D eigenvalue weighted by Gasteiger charge is -2.37. The normalized spacial score (nSPS) is 20.9. The molecule has 8 heteroatoms. The summed E-state index contributed by atoms with van der Waals surface area (Å²) in [5, 5.41) is 0.396. The highest BCUT2D eigenvalue weighted by Crippen LogP contribution is 2.28. The van der Waals surface area contributed by atoms with E-state index in [0.29, 0.717) is 60.5 Å². The van der Waals surface area contributed by atoms with Crippen molar-refractivity contribution in [2.45, 2.75) is 19.4 Å². The van der Waals surface area contributed by atoms with Gasteiger partial charge < -0.3 is 9.32 Å². The van der Waals surface area contributed by atoms with Gasteiger partial charge in [-0.1, -0.05) is 36.4 Å². The van der Waals surface area contributed by atoms with E-state index in [-0.39, 0.29) is 28.9 Å². The Morgan fingerprint density at radius 2 is 1.73 bits per heavy atom. The van der Waals surface area contributed by atoms with E-state index in [2.05, 4.69) is 4.90 Å². The second-order valence-corrected chi connectivity index (χ2v) is 11.0. The van der Waals surface area contributed by atoms with E-state index in [0.717, 1.165) is 5.56 Å². The minimum Gasteiger partial charge on any atom is -0.455 e. The number of hydrogen-bond donors (Lipinski definition) is 0. The minimum absolute atomic E-state index is 0.0410. The number of para-hydroxylation sites is 1. The number of fused-ring (bicyclic) bond motifs is 1. The van der Waals surface area contributed by atoms with E-state index in [1.807, 2.05) is 30.3 Å². The maximum absolute atomic E-state index is 13.4. The number of carbonyl (C=O) groups is 1. The predicted octanol–water partition coefficient (Wildman–Crippen LogP) is 2.71. The molecule has 0 bridgehead atoms. The molecule has 2 aliphatic rings. The van der Waals surface area contributed by atoms with Gasteiger partial charge in [0.2, 0.25) is 0 Å². The first kappa shape index (κ1) is 21.9. The highest BCUT2D eigenvalue weighted by Gasteiger charge is 2.34. The van der Waals surface area contributed by atoms with Crippen LogP contribution < -0.4 is 5.43 Å². The molecule has 1 amide bonds. The van der Waals surface area contributed by atoms with Crippen LogP contribution in [-0.2, 0) is 9.84 Å². The summed E-state index contributed by atoms with van der Waals surface area (Å²) in [6.07, 6.45) is 0.659. The number of sulfone groups is 1. The molecule has 3 heterocycles. The zero-order valence-electron chi connectivity index (χ0n) is 18.5. The van der Waals surface area contributed by atoms with Gasteiger partial charge in [0, 0.05) is 43.3 Å². The lowest BCUT2D eigenvalue weighted by atomic mass is 10.0. The van der Waals surface area contributed by atoms with Crippen molar-refractivity contribution >= 4 is 26.7 Å². The molecule has 0 radical (unpaired) electrons. The van der Waals surface area contributed by atoms with Crippen LogP contribution in [0.2, 0.25) is 0 Å². The van der Waals surface area contributed by atoms with E-state index in [4.69, 9.17) is 4.42 Å². The average molecular weight is 467 g/mol. The first-order chi connectivity index (χ1) is 15.8. The summed E-state index contributed by atoms with van der Waals surface area (Å²) >= 11 is 0. The molecule has 0 aliphatic carbocycles. The maximum atomic E-state index is 13.4. The Labute approximate surface area is 192 Å². The Morgan fingerprint density at radius 1 is 1.00 bits per heavy atom. The van der Waals surface area contributed by atoms with Gasteiger partial charge >= 0.3 is 0 Å². The van der Waals surface area contributed by atoms with Crippen molar-refractivity contribution in [2.24, 2.45) is 0 Å². The molecule has 2 saturated heterocycles. The fraction of sp³-hybridized carbons (Fsp3) is 0.360. The molecule has 0 N–H and O–H groups in total. The van der Waals surface area contributed by atoms with Crippen LogP contribution in [0.1, 0.15) is 22.3 Å². The van der Waals surface area contributed by atoms with Gasteiger partial charge in [-0.25, -0.2) is 8.42 Å². The Morgan fingerprint density at radius 3 is 2.39 bits per heavy atom. The molecular weight excluding hydrogens is 440 g/mol. The molecule has 2 aromatic carbocycles. The topological polar surface area (TPSA) is 87.9 Å². The van der Waals surface area contributed by atoms with Gasteiger partial charge in [-0.3, -0.25) is 14.5 Å². The quantitative estimate of drug-likeness (QED) is 0.590. The Kier molecular flexibility index (Phi) is 5.58. The van der Waals surface area contributed by atoms with Crippen LogP contribution in [0.25, 0.3) is 22.3 Å². The summed E-state index contributed by atoms with van der Waals surface area (Å²) in [5.74, 6) is 0.748. The predicted molar refractivity (Wildman–Crippen MR) is 127 cm³/mol. The van der Waals surface area contributed by atoms with Crippen molar-refractivity contribution in [1.82, 2.24) is 9.80 Å². The van der Waals surface area contributed by atoms with E-state index < -0.39 is 9.84 Å². The highest BCUT2D eigenvalue weighted by atomic mass is 32.2. The highest BCUT2D eigenvalue weighted by molar-refractivity contribution is 7.91. The van der Waals surface area contributed by atoms with Crippen molar-refractivity contribution in [2.75, 3.05) is 37.7 Å². The molecule has 1 aromatic heterocycles. The number of benzene rings is 2.